The number of benzene rings is 2. The molecule has 1 saturated heterocycles. The Kier molecular flexibility index (Phi) is 7.24. The van der Waals surface area contributed by atoms with Crippen molar-refractivity contribution in [1.29, 1.82) is 0 Å². The van der Waals surface area contributed by atoms with Crippen LogP contribution in [0.1, 0.15) is 0 Å². The number of nitrogens with zero attached hydrogens (tertiary/aromatic N) is 2. The third-order valence-electron chi connectivity index (χ3n) is 4.79. The monoisotopic (exact) mass is 417 g/mol. The van der Waals surface area contributed by atoms with E-state index in [-0.39, 0.29) is 17.3 Å². The summed E-state index contributed by atoms with van der Waals surface area (Å²) in [4.78, 5) is 17.2. The van der Waals surface area contributed by atoms with Gasteiger partial charge in [0.15, 0.2) is 9.84 Å². The lowest BCUT2D eigenvalue weighted by Gasteiger charge is -2.31. The SMILES string of the molecule is CS(=O)(=O)c1cccc(NC(=O)CN(CCN2CCOCC2)c2ccccc2)c1. The second-order valence-electron chi connectivity index (χ2n) is 7.06. The van der Waals surface area contributed by atoms with Gasteiger partial charge in [-0.2, -0.15) is 0 Å². The first kappa shape index (κ1) is 21.3. The third-order valence-corrected chi connectivity index (χ3v) is 5.90. The Morgan fingerprint density at radius 2 is 1.83 bits per heavy atom. The Balaban J connectivity index is 1.66. The van der Waals surface area contributed by atoms with E-state index in [1.165, 1.54) is 12.1 Å². The molecule has 1 amide bonds. The van der Waals surface area contributed by atoms with E-state index >= 15 is 0 Å². The molecular weight excluding hydrogens is 390 g/mol. The smallest absolute Gasteiger partial charge is 0.243 e. The standard InChI is InChI=1S/C21H27N3O4S/c1-29(26,27)20-9-5-6-18(16-20)22-21(25)17-24(19-7-3-2-4-8-19)11-10-23-12-14-28-15-13-23/h2-9,16H,10-15,17H2,1H3,(H,22,25). The highest BCUT2D eigenvalue weighted by Crippen LogP contribution is 2.17. The summed E-state index contributed by atoms with van der Waals surface area (Å²) in [6.45, 7) is 5.00. The summed E-state index contributed by atoms with van der Waals surface area (Å²) in [6.07, 6.45) is 1.15. The molecule has 0 unspecified atom stereocenters. The first-order valence-electron chi connectivity index (χ1n) is 9.62. The number of para-hydroxylation sites is 1. The van der Waals surface area contributed by atoms with Crippen molar-refractivity contribution in [2.24, 2.45) is 0 Å². The van der Waals surface area contributed by atoms with E-state index in [2.05, 4.69) is 10.2 Å². The van der Waals surface area contributed by atoms with Crippen molar-refractivity contribution in [2.75, 3.05) is 62.4 Å². The molecule has 0 aliphatic carbocycles. The van der Waals surface area contributed by atoms with Gasteiger partial charge >= 0.3 is 0 Å². The zero-order chi connectivity index (χ0) is 20.7. The lowest BCUT2D eigenvalue weighted by Crippen LogP contribution is -2.43. The molecule has 3 rings (SSSR count). The number of sulfone groups is 1. The van der Waals surface area contributed by atoms with Gasteiger partial charge in [-0.05, 0) is 30.3 Å². The normalized spacial score (nSPS) is 15.1. The van der Waals surface area contributed by atoms with Crippen LogP contribution in [-0.4, -0.2) is 71.4 Å². The minimum atomic E-state index is -3.33. The van der Waals surface area contributed by atoms with Crippen LogP contribution in [0, 0.1) is 0 Å². The molecule has 2 aromatic carbocycles. The summed E-state index contributed by atoms with van der Waals surface area (Å²) < 4.78 is 28.9. The van der Waals surface area contributed by atoms with Gasteiger partial charge in [0.2, 0.25) is 5.91 Å². The lowest BCUT2D eigenvalue weighted by atomic mass is 10.2. The quantitative estimate of drug-likeness (QED) is 0.706. The van der Waals surface area contributed by atoms with E-state index in [0.29, 0.717) is 12.2 Å². The molecule has 7 nitrogen and oxygen atoms in total. The Labute approximate surface area is 172 Å². The molecule has 0 bridgehead atoms. The summed E-state index contributed by atoms with van der Waals surface area (Å²) in [5, 5.41) is 2.81. The second kappa shape index (κ2) is 9.87. The van der Waals surface area contributed by atoms with E-state index in [1.807, 2.05) is 35.2 Å². The fourth-order valence-electron chi connectivity index (χ4n) is 3.20. The number of ether oxygens (including phenoxy) is 1. The number of hydrogen-bond acceptors (Lipinski definition) is 6. The van der Waals surface area contributed by atoms with Gasteiger partial charge < -0.3 is 15.0 Å². The molecule has 0 saturated carbocycles. The van der Waals surface area contributed by atoms with Crippen LogP contribution in [0.4, 0.5) is 11.4 Å². The lowest BCUT2D eigenvalue weighted by molar-refractivity contribution is -0.115. The maximum Gasteiger partial charge on any atom is 0.243 e. The number of anilines is 2. The molecule has 1 fully saturated rings. The maximum absolute atomic E-state index is 12.7. The number of hydrogen-bond donors (Lipinski definition) is 1. The van der Waals surface area contributed by atoms with E-state index in [1.54, 1.807) is 12.1 Å². The number of nitrogens with one attached hydrogen (secondary N) is 1. The second-order valence-corrected chi connectivity index (χ2v) is 9.08. The number of amides is 1. The summed E-state index contributed by atoms with van der Waals surface area (Å²) in [5.74, 6) is -0.193. The fraction of sp³-hybridized carbons (Fsp3) is 0.381. The largest absolute Gasteiger partial charge is 0.379 e. The molecule has 1 heterocycles. The van der Waals surface area contributed by atoms with Crippen molar-refractivity contribution >= 4 is 27.1 Å². The van der Waals surface area contributed by atoms with Crippen LogP contribution in [0.2, 0.25) is 0 Å². The highest BCUT2D eigenvalue weighted by Gasteiger charge is 2.16. The van der Waals surface area contributed by atoms with Crippen molar-refractivity contribution in [3.05, 3.63) is 54.6 Å². The van der Waals surface area contributed by atoms with Crippen LogP contribution in [0.5, 0.6) is 0 Å². The molecule has 8 heteroatoms. The van der Waals surface area contributed by atoms with E-state index in [9.17, 15) is 13.2 Å². The molecule has 2 aromatic rings. The Hall–Kier alpha value is -2.42. The van der Waals surface area contributed by atoms with Crippen LogP contribution < -0.4 is 10.2 Å². The summed E-state index contributed by atoms with van der Waals surface area (Å²) in [5.41, 5.74) is 1.44. The third kappa shape index (κ3) is 6.56. The van der Waals surface area contributed by atoms with Gasteiger partial charge in [0, 0.05) is 43.8 Å². The molecule has 1 aliphatic rings. The highest BCUT2D eigenvalue weighted by molar-refractivity contribution is 7.90. The van der Waals surface area contributed by atoms with Gasteiger partial charge in [-0.1, -0.05) is 24.3 Å². The van der Waals surface area contributed by atoms with E-state index in [0.717, 1.165) is 44.8 Å². The number of morpholine rings is 1. The van der Waals surface area contributed by atoms with Gasteiger partial charge in [0.1, 0.15) is 0 Å². The van der Waals surface area contributed by atoms with Crippen LogP contribution in [0.15, 0.2) is 59.5 Å². The average Bonchev–Trinajstić information content (AvgIpc) is 2.72. The van der Waals surface area contributed by atoms with Crippen LogP contribution in [0.3, 0.4) is 0 Å². The zero-order valence-corrected chi connectivity index (χ0v) is 17.4. The molecule has 0 radical (unpaired) electrons. The molecule has 0 spiro atoms. The van der Waals surface area contributed by atoms with Crippen LogP contribution >= 0.6 is 0 Å². The van der Waals surface area contributed by atoms with E-state index in [4.69, 9.17) is 4.74 Å². The Morgan fingerprint density at radius 1 is 1.10 bits per heavy atom. The zero-order valence-electron chi connectivity index (χ0n) is 16.6. The molecule has 1 N–H and O–H groups in total. The predicted molar refractivity (Wildman–Crippen MR) is 114 cm³/mol. The highest BCUT2D eigenvalue weighted by atomic mass is 32.2. The summed E-state index contributed by atoms with van der Waals surface area (Å²) in [6, 6.07) is 16.1. The van der Waals surface area contributed by atoms with Crippen molar-refractivity contribution in [2.45, 2.75) is 4.90 Å². The minimum absolute atomic E-state index is 0.178. The van der Waals surface area contributed by atoms with Crippen molar-refractivity contribution < 1.29 is 17.9 Å². The molecule has 29 heavy (non-hydrogen) atoms. The molecule has 0 atom stereocenters. The van der Waals surface area contributed by atoms with Crippen molar-refractivity contribution in [1.82, 2.24) is 4.90 Å². The Bertz CT molecular complexity index is 913. The summed E-state index contributed by atoms with van der Waals surface area (Å²) >= 11 is 0. The molecule has 1 aliphatic heterocycles. The molecular formula is C21H27N3O4S. The van der Waals surface area contributed by atoms with E-state index < -0.39 is 9.84 Å². The van der Waals surface area contributed by atoms with Gasteiger partial charge in [-0.15, -0.1) is 0 Å². The molecule has 0 aromatic heterocycles. The van der Waals surface area contributed by atoms with Crippen molar-refractivity contribution in [3.63, 3.8) is 0 Å². The van der Waals surface area contributed by atoms with Crippen LogP contribution in [-0.2, 0) is 19.4 Å². The summed E-state index contributed by atoms with van der Waals surface area (Å²) in [7, 11) is -3.33. The van der Waals surface area contributed by atoms with Gasteiger partial charge in [-0.25, -0.2) is 8.42 Å². The predicted octanol–water partition coefficient (Wildman–Crippen LogP) is 1.87. The first-order chi connectivity index (χ1) is 13.9. The van der Waals surface area contributed by atoms with Crippen LogP contribution in [0.25, 0.3) is 0 Å². The average molecular weight is 418 g/mol. The Morgan fingerprint density at radius 3 is 2.52 bits per heavy atom. The van der Waals surface area contributed by atoms with Gasteiger partial charge in [-0.3, -0.25) is 9.69 Å². The topological polar surface area (TPSA) is 79.0 Å². The van der Waals surface area contributed by atoms with Gasteiger partial charge in [0.25, 0.3) is 0 Å². The number of rotatable bonds is 8. The van der Waals surface area contributed by atoms with Crippen molar-refractivity contribution in [3.8, 4) is 0 Å². The first-order valence-corrected chi connectivity index (χ1v) is 11.5. The van der Waals surface area contributed by atoms with Gasteiger partial charge in [0.05, 0.1) is 24.7 Å². The maximum atomic E-state index is 12.7. The number of carbonyl (C=O) groups excluding carboxylic acids is 1. The minimum Gasteiger partial charge on any atom is -0.379 e. The fourth-order valence-corrected chi connectivity index (χ4v) is 3.87. The number of carbonyl (C=O) groups is 1. The molecule has 156 valence electrons.